The Morgan fingerprint density at radius 2 is 0.526 bits per heavy atom. The van der Waals surface area contributed by atoms with Crippen LogP contribution in [0.4, 0.5) is 65.9 Å². The Bertz CT molecular complexity index is 2180. The zero-order chi connectivity index (χ0) is 43.0. The molecule has 0 saturated carbocycles. The van der Waals surface area contributed by atoms with Gasteiger partial charge in [-0.3, -0.25) is 0 Å². The van der Waals surface area contributed by atoms with Crippen LogP contribution in [0.5, 0.6) is 0 Å². The summed E-state index contributed by atoms with van der Waals surface area (Å²) in [5.41, 5.74) is 0.247. The van der Waals surface area contributed by atoms with Crippen LogP contribution in [0.1, 0.15) is 33.4 Å². The number of rotatable bonds is 2. The van der Waals surface area contributed by atoms with Crippen molar-refractivity contribution in [3.05, 3.63) is 189 Å². The minimum Gasteiger partial charge on any atom is -0.204 e. The summed E-state index contributed by atoms with van der Waals surface area (Å²) in [6, 6.07) is 22.0. The van der Waals surface area contributed by atoms with Crippen LogP contribution in [0, 0.1) is 80.0 Å². The maximum absolute atomic E-state index is 13.5. The molecular weight excluding hydrogens is 789 g/mol. The number of halogens is 15. The minimum atomic E-state index is -4.69. The average molecular weight is 819 g/mol. The van der Waals surface area contributed by atoms with Gasteiger partial charge < -0.3 is 0 Å². The lowest BCUT2D eigenvalue weighted by molar-refractivity contribution is -0.138. The molecule has 0 fully saturated rings. The second-order valence-corrected chi connectivity index (χ2v) is 12.2. The zero-order valence-electron chi connectivity index (χ0n) is 30.0. The van der Waals surface area contributed by atoms with Crippen LogP contribution in [0.25, 0.3) is 22.3 Å². The molecule has 0 atom stereocenters. The molecular formula is C42H29F15. The molecule has 0 aliphatic carbocycles. The predicted octanol–water partition coefficient (Wildman–Crippen LogP) is 14.6. The number of hydrogen-bond acceptors (Lipinski definition) is 0. The minimum absolute atomic E-state index is 0.101. The van der Waals surface area contributed by atoms with Crippen LogP contribution in [-0.2, 0) is 12.4 Å². The van der Waals surface area contributed by atoms with Gasteiger partial charge in [0.15, 0.2) is 46.5 Å². The quantitative estimate of drug-likeness (QED) is 0.0928. The normalized spacial score (nSPS) is 11.1. The Morgan fingerprint density at radius 3 is 0.842 bits per heavy atom. The van der Waals surface area contributed by atoms with Gasteiger partial charge >= 0.3 is 12.4 Å². The third-order valence-corrected chi connectivity index (χ3v) is 7.76. The van der Waals surface area contributed by atoms with Gasteiger partial charge in [0.05, 0.1) is 22.3 Å². The first-order valence-corrected chi connectivity index (χ1v) is 16.2. The number of hydrogen-bond donors (Lipinski definition) is 0. The first-order valence-electron chi connectivity index (χ1n) is 16.2. The Balaban J connectivity index is 0.000000216. The van der Waals surface area contributed by atoms with Crippen LogP contribution in [-0.4, -0.2) is 0 Å². The van der Waals surface area contributed by atoms with E-state index in [9.17, 15) is 65.9 Å². The highest BCUT2D eigenvalue weighted by atomic mass is 19.4. The maximum Gasteiger partial charge on any atom is 0.416 e. The smallest absolute Gasteiger partial charge is 0.204 e. The Hall–Kier alpha value is -5.73. The molecule has 302 valence electrons. The zero-order valence-corrected chi connectivity index (χ0v) is 30.0. The molecule has 0 nitrogen and oxygen atoms in total. The van der Waals surface area contributed by atoms with Crippen molar-refractivity contribution >= 4 is 0 Å². The number of benzene rings is 6. The molecule has 0 aromatic heterocycles. The van der Waals surface area contributed by atoms with Crippen molar-refractivity contribution in [2.45, 2.75) is 40.0 Å². The van der Waals surface area contributed by atoms with E-state index in [2.05, 4.69) is 38.1 Å². The fourth-order valence-electron chi connectivity index (χ4n) is 4.61. The van der Waals surface area contributed by atoms with E-state index >= 15 is 0 Å². The van der Waals surface area contributed by atoms with Crippen LogP contribution in [0.3, 0.4) is 0 Å². The molecule has 57 heavy (non-hydrogen) atoms. The first kappa shape index (κ1) is 45.7. The third kappa shape index (κ3) is 12.1. The molecule has 0 heterocycles. The molecule has 0 N–H and O–H groups in total. The SMILES string of the molecule is Cc1ccc(-c2c(F)c(F)cc(F)c2F)cc1.Cc1ccc(C(F)(F)F)cc1.Cc1ccc(C)cc1.Fc1c(F)c(F)c(-c2ccc(C(F)(F)F)cc2)c(F)c1F. The summed E-state index contributed by atoms with van der Waals surface area (Å²) >= 11 is 0. The van der Waals surface area contributed by atoms with E-state index in [1.54, 1.807) is 26.0 Å². The van der Waals surface area contributed by atoms with E-state index in [4.69, 9.17) is 0 Å². The molecule has 6 aromatic rings. The van der Waals surface area contributed by atoms with E-state index < -0.39 is 92.5 Å². The number of alkyl halides is 6. The van der Waals surface area contributed by atoms with E-state index in [-0.39, 0.29) is 11.6 Å². The van der Waals surface area contributed by atoms with Crippen molar-refractivity contribution in [2.75, 3.05) is 0 Å². The average Bonchev–Trinajstić information content (AvgIpc) is 3.15. The largest absolute Gasteiger partial charge is 0.416 e. The van der Waals surface area contributed by atoms with Crippen molar-refractivity contribution in [1.82, 2.24) is 0 Å². The topological polar surface area (TPSA) is 0 Å². The summed E-state index contributed by atoms with van der Waals surface area (Å²) in [7, 11) is 0. The van der Waals surface area contributed by atoms with Crippen molar-refractivity contribution in [2.24, 2.45) is 0 Å². The second-order valence-electron chi connectivity index (χ2n) is 12.2. The molecule has 0 amide bonds. The van der Waals surface area contributed by atoms with Crippen molar-refractivity contribution < 1.29 is 65.9 Å². The van der Waals surface area contributed by atoms with Crippen molar-refractivity contribution in [1.29, 1.82) is 0 Å². The molecule has 0 radical (unpaired) electrons. The molecule has 0 bridgehead atoms. The van der Waals surface area contributed by atoms with E-state index in [0.717, 1.165) is 23.3 Å². The standard InChI is InChI=1S/C13H4F8.C13H8F4.C8H7F3.C8H10/c14-8-7(9(15)11(17)12(18)10(8)16)5-1-3-6(4-2-5)13(19,20)21;1-7-2-4-8(5-3-7)11-12(16)9(14)6-10(15)13(11)17;1-6-2-4-7(5-3-6)8(9,10)11;1-7-3-5-8(2)6-4-7/h1-4H;2-6H,1H3;2-5H,1H3;3-6H,1-2H3. The highest BCUT2D eigenvalue weighted by Crippen LogP contribution is 2.35. The summed E-state index contributed by atoms with van der Waals surface area (Å²) in [5.74, 6) is -16.4. The molecule has 0 spiro atoms. The summed E-state index contributed by atoms with van der Waals surface area (Å²) in [4.78, 5) is 0. The van der Waals surface area contributed by atoms with Crippen LogP contribution in [0.15, 0.2) is 103 Å². The van der Waals surface area contributed by atoms with E-state index in [1.165, 1.54) is 35.4 Å². The molecule has 0 saturated heterocycles. The lowest BCUT2D eigenvalue weighted by atomic mass is 10.0. The monoisotopic (exact) mass is 818 g/mol. The first-order chi connectivity index (χ1) is 26.4. The van der Waals surface area contributed by atoms with Gasteiger partial charge in [0.25, 0.3) is 0 Å². The van der Waals surface area contributed by atoms with Gasteiger partial charge in [-0.2, -0.15) is 26.3 Å². The highest BCUT2D eigenvalue weighted by Gasteiger charge is 2.32. The number of aryl methyl sites for hydroxylation is 4. The summed E-state index contributed by atoms with van der Waals surface area (Å²) in [6.45, 7) is 7.74. The van der Waals surface area contributed by atoms with Crippen LogP contribution in [0.2, 0.25) is 0 Å². The molecule has 0 aliphatic rings. The fourth-order valence-corrected chi connectivity index (χ4v) is 4.61. The second kappa shape index (κ2) is 18.9. The van der Waals surface area contributed by atoms with E-state index in [1.807, 2.05) is 0 Å². The van der Waals surface area contributed by atoms with Crippen molar-refractivity contribution in [3.8, 4) is 22.3 Å². The van der Waals surface area contributed by atoms with Crippen LogP contribution >= 0.6 is 0 Å². The lowest BCUT2D eigenvalue weighted by Crippen LogP contribution is -2.06. The van der Waals surface area contributed by atoms with Gasteiger partial charge in [-0.05, 0) is 63.1 Å². The van der Waals surface area contributed by atoms with Crippen molar-refractivity contribution in [3.63, 3.8) is 0 Å². The fraction of sp³-hybridized carbons (Fsp3) is 0.143. The Kier molecular flexibility index (Phi) is 15.2. The van der Waals surface area contributed by atoms with Crippen LogP contribution < -0.4 is 0 Å². The Labute approximate surface area is 316 Å². The summed E-state index contributed by atoms with van der Waals surface area (Å²) in [5, 5.41) is 0. The van der Waals surface area contributed by atoms with E-state index in [0.29, 0.717) is 24.3 Å². The van der Waals surface area contributed by atoms with Gasteiger partial charge in [0.2, 0.25) is 5.82 Å². The molecule has 6 rings (SSSR count). The third-order valence-electron chi connectivity index (χ3n) is 7.76. The molecule has 0 aliphatic heterocycles. The predicted molar refractivity (Wildman–Crippen MR) is 185 cm³/mol. The molecule has 6 aromatic carbocycles. The molecule has 15 heteroatoms. The van der Waals surface area contributed by atoms with Gasteiger partial charge in [-0.1, -0.05) is 95.1 Å². The molecule has 0 unspecified atom stereocenters. The Morgan fingerprint density at radius 1 is 0.298 bits per heavy atom. The van der Waals surface area contributed by atoms with Gasteiger partial charge in [-0.15, -0.1) is 0 Å². The van der Waals surface area contributed by atoms with Gasteiger partial charge in [-0.25, -0.2) is 39.5 Å². The highest BCUT2D eigenvalue weighted by molar-refractivity contribution is 5.66. The summed E-state index contributed by atoms with van der Waals surface area (Å²) < 4.78 is 192. The summed E-state index contributed by atoms with van der Waals surface area (Å²) in [6.07, 6.45) is -8.90. The maximum atomic E-state index is 13.5. The lowest BCUT2D eigenvalue weighted by Gasteiger charge is -2.10. The van der Waals surface area contributed by atoms with Gasteiger partial charge in [0, 0.05) is 6.07 Å². The van der Waals surface area contributed by atoms with Gasteiger partial charge in [0.1, 0.15) is 0 Å².